The first-order valence-electron chi connectivity index (χ1n) is 22.5. The summed E-state index contributed by atoms with van der Waals surface area (Å²) < 4.78 is 10.6. The van der Waals surface area contributed by atoms with Gasteiger partial charge in [-0.15, -0.1) is 0 Å². The van der Waals surface area contributed by atoms with E-state index in [0.717, 1.165) is 51.4 Å². The maximum absolute atomic E-state index is 12.2. The molecule has 0 rings (SSSR count). The smallest absolute Gasteiger partial charge is 0.306 e. The molecule has 0 amide bonds. The third kappa shape index (κ3) is 40.9. The SMILES string of the molecule is CCCCCCC/C=C\C/C=C\CCCCCCCCCCCCCC(=O)OC(CO)COC(=O)CCCCCCC/C=C\CCCCCCCC. The Kier molecular flexibility index (Phi) is 42.0. The van der Waals surface area contributed by atoms with Crippen LogP contribution in [0.25, 0.3) is 0 Å². The molecule has 0 aliphatic heterocycles. The maximum atomic E-state index is 12.2. The number of hydrogen-bond acceptors (Lipinski definition) is 5. The molecule has 5 heteroatoms. The van der Waals surface area contributed by atoms with Crippen molar-refractivity contribution < 1.29 is 24.2 Å². The van der Waals surface area contributed by atoms with E-state index in [1.165, 1.54) is 154 Å². The minimum absolute atomic E-state index is 0.0690. The van der Waals surface area contributed by atoms with Crippen LogP contribution in [0.4, 0.5) is 0 Å². The number of carbonyl (C=O) groups excluding carboxylic acids is 2. The standard InChI is InChI=1S/C47H86O5/c1-3-5-7-9-11-13-15-17-19-20-21-22-23-24-25-26-28-30-32-34-36-38-40-42-47(50)52-45(43-48)44-51-46(49)41-39-37-35-33-31-29-27-18-16-14-12-10-8-6-4-2/h15,17-18,20-21,27,45,48H,3-14,16,19,22-26,28-44H2,1-2H3/b17-15-,21-20-,27-18-. The fraction of sp³-hybridized carbons (Fsp3) is 0.830. The van der Waals surface area contributed by atoms with E-state index < -0.39 is 6.10 Å². The molecule has 0 radical (unpaired) electrons. The summed E-state index contributed by atoms with van der Waals surface area (Å²) in [6.45, 7) is 4.13. The predicted molar refractivity (Wildman–Crippen MR) is 224 cm³/mol. The van der Waals surface area contributed by atoms with Crippen LogP contribution in [-0.2, 0) is 19.1 Å². The lowest BCUT2D eigenvalue weighted by Gasteiger charge is -2.15. The number of ether oxygens (including phenoxy) is 2. The summed E-state index contributed by atoms with van der Waals surface area (Å²) in [4.78, 5) is 24.3. The number of carbonyl (C=O) groups is 2. The van der Waals surface area contributed by atoms with Crippen molar-refractivity contribution in [1.82, 2.24) is 0 Å². The largest absolute Gasteiger partial charge is 0.462 e. The van der Waals surface area contributed by atoms with E-state index in [-0.39, 0.29) is 25.2 Å². The molecule has 1 atom stereocenters. The molecule has 0 aromatic rings. The third-order valence-corrected chi connectivity index (χ3v) is 9.91. The van der Waals surface area contributed by atoms with Crippen molar-refractivity contribution in [3.8, 4) is 0 Å². The highest BCUT2D eigenvalue weighted by Gasteiger charge is 2.16. The van der Waals surface area contributed by atoms with Gasteiger partial charge in [0.05, 0.1) is 6.61 Å². The Morgan fingerprint density at radius 2 is 0.769 bits per heavy atom. The van der Waals surface area contributed by atoms with E-state index in [0.29, 0.717) is 12.8 Å². The quantitative estimate of drug-likeness (QED) is 0.0385. The molecule has 5 nitrogen and oxygen atoms in total. The molecule has 0 aromatic heterocycles. The number of unbranched alkanes of at least 4 members (excludes halogenated alkanes) is 27. The van der Waals surface area contributed by atoms with Gasteiger partial charge in [0, 0.05) is 12.8 Å². The Morgan fingerprint density at radius 1 is 0.442 bits per heavy atom. The van der Waals surface area contributed by atoms with Crippen LogP contribution in [0.15, 0.2) is 36.5 Å². The molecule has 0 saturated heterocycles. The Morgan fingerprint density at radius 3 is 1.15 bits per heavy atom. The average molecular weight is 731 g/mol. The number of hydrogen-bond donors (Lipinski definition) is 1. The second kappa shape index (κ2) is 43.5. The molecule has 0 bridgehead atoms. The van der Waals surface area contributed by atoms with Gasteiger partial charge in [0.2, 0.25) is 0 Å². The molecule has 0 spiro atoms. The normalized spacial score (nSPS) is 12.4. The minimum Gasteiger partial charge on any atom is -0.462 e. The molecular weight excluding hydrogens is 645 g/mol. The second-order valence-electron chi connectivity index (χ2n) is 15.1. The molecular formula is C47H86O5. The first-order valence-corrected chi connectivity index (χ1v) is 22.5. The molecule has 0 fully saturated rings. The zero-order valence-electron chi connectivity index (χ0n) is 34.6. The van der Waals surface area contributed by atoms with Crippen molar-refractivity contribution in [3.05, 3.63) is 36.5 Å². The van der Waals surface area contributed by atoms with Gasteiger partial charge >= 0.3 is 11.9 Å². The molecule has 52 heavy (non-hydrogen) atoms. The molecule has 0 aromatic carbocycles. The van der Waals surface area contributed by atoms with Crippen molar-refractivity contribution in [1.29, 1.82) is 0 Å². The number of aliphatic hydroxyl groups excluding tert-OH is 1. The average Bonchev–Trinajstić information content (AvgIpc) is 3.15. The number of rotatable bonds is 41. The number of allylic oxidation sites excluding steroid dienone is 6. The molecule has 0 heterocycles. The lowest BCUT2D eigenvalue weighted by molar-refractivity contribution is -0.161. The van der Waals surface area contributed by atoms with Gasteiger partial charge in [0.1, 0.15) is 6.61 Å². The van der Waals surface area contributed by atoms with Gasteiger partial charge < -0.3 is 14.6 Å². The second-order valence-corrected chi connectivity index (χ2v) is 15.1. The van der Waals surface area contributed by atoms with Gasteiger partial charge in [-0.25, -0.2) is 0 Å². The van der Waals surface area contributed by atoms with Crippen LogP contribution >= 0.6 is 0 Å². The van der Waals surface area contributed by atoms with E-state index in [1.807, 2.05) is 0 Å². The van der Waals surface area contributed by atoms with Crippen LogP contribution in [0.5, 0.6) is 0 Å². The third-order valence-electron chi connectivity index (χ3n) is 9.91. The summed E-state index contributed by atoms with van der Waals surface area (Å²) in [6.07, 6.45) is 53.6. The van der Waals surface area contributed by atoms with Gasteiger partial charge in [-0.2, -0.15) is 0 Å². The van der Waals surface area contributed by atoms with Crippen molar-refractivity contribution >= 4 is 11.9 Å². The topological polar surface area (TPSA) is 72.8 Å². The van der Waals surface area contributed by atoms with E-state index in [1.54, 1.807) is 0 Å². The molecule has 1 unspecified atom stereocenters. The van der Waals surface area contributed by atoms with E-state index >= 15 is 0 Å². The lowest BCUT2D eigenvalue weighted by atomic mass is 10.0. The van der Waals surface area contributed by atoms with Crippen LogP contribution in [-0.4, -0.2) is 36.4 Å². The van der Waals surface area contributed by atoms with E-state index in [9.17, 15) is 14.7 Å². The zero-order chi connectivity index (χ0) is 37.8. The van der Waals surface area contributed by atoms with Crippen molar-refractivity contribution in [2.45, 2.75) is 238 Å². The monoisotopic (exact) mass is 731 g/mol. The van der Waals surface area contributed by atoms with Gasteiger partial charge in [0.15, 0.2) is 6.10 Å². The molecule has 0 aliphatic carbocycles. The van der Waals surface area contributed by atoms with Crippen LogP contribution in [0.2, 0.25) is 0 Å². The summed E-state index contributed by atoms with van der Waals surface area (Å²) in [5, 5.41) is 9.58. The Labute approximate surface area is 323 Å². The fourth-order valence-corrected chi connectivity index (χ4v) is 6.46. The summed E-state index contributed by atoms with van der Waals surface area (Å²) in [5.74, 6) is -0.597. The Bertz CT molecular complexity index is 832. The summed E-state index contributed by atoms with van der Waals surface area (Å²) >= 11 is 0. The number of esters is 2. The van der Waals surface area contributed by atoms with Crippen molar-refractivity contribution in [3.63, 3.8) is 0 Å². The molecule has 1 N–H and O–H groups in total. The predicted octanol–water partition coefficient (Wildman–Crippen LogP) is 14.4. The van der Waals surface area contributed by atoms with Crippen LogP contribution < -0.4 is 0 Å². The van der Waals surface area contributed by atoms with Gasteiger partial charge in [-0.1, -0.05) is 185 Å². The summed E-state index contributed by atoms with van der Waals surface area (Å²) in [7, 11) is 0. The summed E-state index contributed by atoms with van der Waals surface area (Å²) in [6, 6.07) is 0. The van der Waals surface area contributed by atoms with Crippen LogP contribution in [0, 0.1) is 0 Å². The van der Waals surface area contributed by atoms with Crippen LogP contribution in [0.1, 0.15) is 232 Å². The number of aliphatic hydroxyl groups is 1. The lowest BCUT2D eigenvalue weighted by Crippen LogP contribution is -2.28. The fourth-order valence-electron chi connectivity index (χ4n) is 6.46. The highest BCUT2D eigenvalue weighted by atomic mass is 16.6. The van der Waals surface area contributed by atoms with E-state index in [2.05, 4.69) is 50.3 Å². The van der Waals surface area contributed by atoms with Gasteiger partial charge in [-0.05, 0) is 70.6 Å². The first-order chi connectivity index (χ1) is 25.6. The van der Waals surface area contributed by atoms with E-state index in [4.69, 9.17) is 9.47 Å². The highest BCUT2D eigenvalue weighted by Crippen LogP contribution is 2.14. The van der Waals surface area contributed by atoms with Gasteiger partial charge in [0.25, 0.3) is 0 Å². The zero-order valence-corrected chi connectivity index (χ0v) is 34.6. The maximum Gasteiger partial charge on any atom is 0.306 e. The Hall–Kier alpha value is -1.88. The van der Waals surface area contributed by atoms with Gasteiger partial charge in [-0.3, -0.25) is 9.59 Å². The molecule has 304 valence electrons. The molecule has 0 aliphatic rings. The van der Waals surface area contributed by atoms with Crippen molar-refractivity contribution in [2.75, 3.05) is 13.2 Å². The minimum atomic E-state index is -0.774. The van der Waals surface area contributed by atoms with Crippen LogP contribution in [0.3, 0.4) is 0 Å². The highest BCUT2D eigenvalue weighted by molar-refractivity contribution is 5.70. The first kappa shape index (κ1) is 50.1. The Balaban J connectivity index is 3.52. The summed E-state index contributed by atoms with van der Waals surface area (Å²) in [5.41, 5.74) is 0. The van der Waals surface area contributed by atoms with Crippen molar-refractivity contribution in [2.24, 2.45) is 0 Å². The molecule has 0 saturated carbocycles.